The van der Waals surface area contributed by atoms with E-state index in [4.69, 9.17) is 10.5 Å². The normalized spacial score (nSPS) is 16.9. The first-order valence-corrected chi connectivity index (χ1v) is 13.0. The van der Waals surface area contributed by atoms with Crippen LogP contribution >= 0.6 is 27.3 Å². The van der Waals surface area contributed by atoms with E-state index in [9.17, 15) is 19.5 Å². The standard InChI is InChI=1S/C25H32BrN3O5S/c1-24(2)9-16(10-25(3,4)13-24)29-15-7-5-6-14(8-15)21-19(26)20(22(35-21)23(32)33)34-12-18(31)28-11-17(27)30/h5-8,16,29H,9-13H2,1-4H3,(H2,27,30)(H,28,31)(H,32,33). The third kappa shape index (κ3) is 7.20. The topological polar surface area (TPSA) is 131 Å². The SMILES string of the molecule is CC1(C)CC(Nc2cccc(-c3sc(C(=O)O)c(OCC(=O)NCC(N)=O)c3Br)c2)CC(C)(C)C1. The number of primary amides is 1. The third-order valence-electron chi connectivity index (χ3n) is 5.86. The van der Waals surface area contributed by atoms with Gasteiger partial charge in [0.1, 0.15) is 0 Å². The Morgan fingerprint density at radius 3 is 2.46 bits per heavy atom. The Bertz CT molecular complexity index is 1110. The molecule has 0 aliphatic heterocycles. The van der Waals surface area contributed by atoms with Gasteiger partial charge in [-0.2, -0.15) is 0 Å². The van der Waals surface area contributed by atoms with Crippen molar-refractivity contribution in [1.82, 2.24) is 5.32 Å². The molecule has 0 spiro atoms. The second kappa shape index (κ2) is 10.6. The molecule has 5 N–H and O–H groups in total. The van der Waals surface area contributed by atoms with Gasteiger partial charge in [0.05, 0.1) is 15.9 Å². The molecule has 2 amide bonds. The maximum absolute atomic E-state index is 11.9. The number of amides is 2. The summed E-state index contributed by atoms with van der Waals surface area (Å²) in [4.78, 5) is 35.3. The lowest BCUT2D eigenvalue weighted by Crippen LogP contribution is -2.40. The Morgan fingerprint density at radius 2 is 1.86 bits per heavy atom. The maximum atomic E-state index is 11.9. The molecule has 0 atom stereocenters. The van der Waals surface area contributed by atoms with Gasteiger partial charge in [0.15, 0.2) is 17.2 Å². The van der Waals surface area contributed by atoms with E-state index in [1.807, 2.05) is 24.3 Å². The van der Waals surface area contributed by atoms with Crippen molar-refractivity contribution in [2.45, 2.75) is 53.0 Å². The van der Waals surface area contributed by atoms with Crippen LogP contribution in [0.3, 0.4) is 0 Å². The highest BCUT2D eigenvalue weighted by Crippen LogP contribution is 2.48. The Kier molecular flexibility index (Phi) is 8.16. The first kappa shape index (κ1) is 27.0. The van der Waals surface area contributed by atoms with Crippen LogP contribution in [-0.2, 0) is 9.59 Å². The van der Waals surface area contributed by atoms with E-state index < -0.39 is 24.4 Å². The molecule has 3 rings (SSSR count). The van der Waals surface area contributed by atoms with E-state index in [-0.39, 0.29) is 28.0 Å². The van der Waals surface area contributed by atoms with Crippen molar-refractivity contribution in [1.29, 1.82) is 0 Å². The predicted octanol–water partition coefficient (Wildman–Crippen LogP) is 4.87. The number of carboxylic acid groups (broad SMARTS) is 1. The Labute approximate surface area is 217 Å². The van der Waals surface area contributed by atoms with Crippen LogP contribution in [0, 0.1) is 10.8 Å². The van der Waals surface area contributed by atoms with Crippen LogP contribution in [0.4, 0.5) is 5.69 Å². The van der Waals surface area contributed by atoms with Gasteiger partial charge < -0.3 is 26.2 Å². The molecule has 0 bridgehead atoms. The number of rotatable bonds is 9. The number of carbonyl (C=O) groups is 3. The van der Waals surface area contributed by atoms with Crippen molar-refractivity contribution < 1.29 is 24.2 Å². The number of benzene rings is 1. The number of hydrogen-bond donors (Lipinski definition) is 4. The highest BCUT2D eigenvalue weighted by atomic mass is 79.9. The molecule has 10 heteroatoms. The lowest BCUT2D eigenvalue weighted by atomic mass is 9.63. The zero-order chi connectivity index (χ0) is 26.0. The molecule has 2 aromatic rings. The van der Waals surface area contributed by atoms with Crippen LogP contribution in [0.2, 0.25) is 0 Å². The largest absolute Gasteiger partial charge is 0.481 e. The van der Waals surface area contributed by atoms with Crippen molar-refractivity contribution in [2.75, 3.05) is 18.5 Å². The second-order valence-electron chi connectivity index (χ2n) is 10.6. The molecule has 0 unspecified atom stereocenters. The monoisotopic (exact) mass is 565 g/mol. The molecule has 1 aromatic carbocycles. The Balaban J connectivity index is 1.82. The number of nitrogens with one attached hydrogen (secondary N) is 2. The molecule has 8 nitrogen and oxygen atoms in total. The third-order valence-corrected chi connectivity index (χ3v) is 8.09. The van der Waals surface area contributed by atoms with Gasteiger partial charge in [-0.15, -0.1) is 11.3 Å². The van der Waals surface area contributed by atoms with Crippen LogP contribution in [-0.4, -0.2) is 42.1 Å². The molecule has 1 aliphatic rings. The molecule has 1 heterocycles. The quantitative estimate of drug-likeness (QED) is 0.343. The minimum Gasteiger partial charge on any atom is -0.481 e. The van der Waals surface area contributed by atoms with E-state index in [2.05, 4.69) is 54.3 Å². The number of nitrogens with two attached hydrogens (primary N) is 1. The summed E-state index contributed by atoms with van der Waals surface area (Å²) < 4.78 is 5.98. The van der Waals surface area contributed by atoms with Gasteiger partial charge in [-0.25, -0.2) is 4.79 Å². The fourth-order valence-electron chi connectivity index (χ4n) is 5.16. The van der Waals surface area contributed by atoms with Gasteiger partial charge in [0.2, 0.25) is 5.91 Å². The zero-order valence-corrected chi connectivity index (χ0v) is 22.8. The number of ether oxygens (including phenoxy) is 1. The van der Waals surface area contributed by atoms with E-state index in [0.717, 1.165) is 35.4 Å². The molecule has 35 heavy (non-hydrogen) atoms. The van der Waals surface area contributed by atoms with E-state index in [0.29, 0.717) is 15.4 Å². The molecule has 1 aromatic heterocycles. The Morgan fingerprint density at radius 1 is 1.20 bits per heavy atom. The van der Waals surface area contributed by atoms with Gasteiger partial charge in [0, 0.05) is 11.7 Å². The average molecular weight is 567 g/mol. The summed E-state index contributed by atoms with van der Waals surface area (Å²) in [5, 5.41) is 15.7. The number of thiophene rings is 1. The number of hydrogen-bond acceptors (Lipinski definition) is 6. The number of halogens is 1. The van der Waals surface area contributed by atoms with Gasteiger partial charge in [-0.05, 0) is 63.7 Å². The fraction of sp³-hybridized carbons (Fsp3) is 0.480. The summed E-state index contributed by atoms with van der Waals surface area (Å²) in [7, 11) is 0. The highest BCUT2D eigenvalue weighted by Gasteiger charge is 2.38. The summed E-state index contributed by atoms with van der Waals surface area (Å²) >= 11 is 4.53. The summed E-state index contributed by atoms with van der Waals surface area (Å²) in [5.41, 5.74) is 7.31. The fourth-order valence-corrected chi connectivity index (χ4v) is 7.05. The van der Waals surface area contributed by atoms with Crippen LogP contribution in [0.5, 0.6) is 5.75 Å². The lowest BCUT2D eigenvalue weighted by molar-refractivity contribution is -0.126. The van der Waals surface area contributed by atoms with E-state index in [1.54, 1.807) is 0 Å². The number of carbonyl (C=O) groups excluding carboxylic acids is 2. The van der Waals surface area contributed by atoms with Gasteiger partial charge in [-0.1, -0.05) is 39.8 Å². The van der Waals surface area contributed by atoms with E-state index in [1.165, 1.54) is 6.42 Å². The highest BCUT2D eigenvalue weighted by molar-refractivity contribution is 9.10. The smallest absolute Gasteiger partial charge is 0.349 e. The van der Waals surface area contributed by atoms with Crippen LogP contribution in [0.15, 0.2) is 28.7 Å². The van der Waals surface area contributed by atoms with Gasteiger partial charge in [0.25, 0.3) is 5.91 Å². The van der Waals surface area contributed by atoms with Crippen LogP contribution in [0.1, 0.15) is 56.6 Å². The van der Waals surface area contributed by atoms with Crippen LogP contribution < -0.4 is 21.1 Å². The average Bonchev–Trinajstić information content (AvgIpc) is 3.05. The molecule has 1 fully saturated rings. The number of anilines is 1. The zero-order valence-electron chi connectivity index (χ0n) is 20.4. The summed E-state index contributed by atoms with van der Waals surface area (Å²) in [6.07, 6.45) is 3.33. The minimum atomic E-state index is -1.16. The molecule has 0 saturated heterocycles. The molecule has 190 valence electrons. The molecular formula is C25H32BrN3O5S. The van der Waals surface area contributed by atoms with Gasteiger partial charge in [-0.3, -0.25) is 9.59 Å². The van der Waals surface area contributed by atoms with Crippen molar-refractivity contribution in [3.05, 3.63) is 33.6 Å². The maximum Gasteiger partial charge on any atom is 0.349 e. The Hall–Kier alpha value is -2.59. The van der Waals surface area contributed by atoms with Gasteiger partial charge >= 0.3 is 5.97 Å². The second-order valence-corrected chi connectivity index (χ2v) is 12.4. The van der Waals surface area contributed by atoms with E-state index >= 15 is 0 Å². The van der Waals surface area contributed by atoms with Crippen molar-refractivity contribution >= 4 is 50.7 Å². The molecule has 1 aliphatic carbocycles. The molecule has 1 saturated carbocycles. The minimum absolute atomic E-state index is 0.0243. The summed E-state index contributed by atoms with van der Waals surface area (Å²) in [6.45, 7) is 8.47. The van der Waals surface area contributed by atoms with Crippen molar-refractivity contribution in [3.8, 4) is 16.2 Å². The predicted molar refractivity (Wildman–Crippen MR) is 141 cm³/mol. The van der Waals surface area contributed by atoms with Crippen molar-refractivity contribution in [3.63, 3.8) is 0 Å². The number of aromatic carboxylic acids is 1. The lowest BCUT2D eigenvalue weighted by Gasteiger charge is -2.45. The van der Waals surface area contributed by atoms with Crippen molar-refractivity contribution in [2.24, 2.45) is 16.6 Å². The van der Waals surface area contributed by atoms with Crippen LogP contribution in [0.25, 0.3) is 10.4 Å². The first-order valence-electron chi connectivity index (χ1n) is 11.4. The number of carboxylic acids is 1. The molecular weight excluding hydrogens is 534 g/mol. The first-order chi connectivity index (χ1) is 16.3. The summed E-state index contributed by atoms with van der Waals surface area (Å²) in [5.74, 6) is -2.35. The summed E-state index contributed by atoms with van der Waals surface area (Å²) in [6, 6.07) is 8.19. The molecule has 0 radical (unpaired) electrons.